The normalized spacial score (nSPS) is 29.6. The summed E-state index contributed by atoms with van der Waals surface area (Å²) in [4.78, 5) is 11.1. The average Bonchev–Trinajstić information content (AvgIpc) is 2.25. The van der Waals surface area contributed by atoms with Crippen molar-refractivity contribution in [3.8, 4) is 12.3 Å². The number of hydrogen-bond acceptors (Lipinski definition) is 2. The highest BCUT2D eigenvalue weighted by Crippen LogP contribution is 2.41. The molecule has 3 nitrogen and oxygen atoms in total. The first kappa shape index (κ1) is 13.8. The van der Waals surface area contributed by atoms with Crippen LogP contribution in [0.15, 0.2) is 0 Å². The number of halogens is 3. The third-order valence-corrected chi connectivity index (χ3v) is 3.24. The number of carboxylic acids is 1. The Labute approximate surface area is 97.4 Å². The first-order valence-corrected chi connectivity index (χ1v) is 5.30. The summed E-state index contributed by atoms with van der Waals surface area (Å²) in [6, 6.07) is 0. The van der Waals surface area contributed by atoms with Crippen molar-refractivity contribution < 1.29 is 23.1 Å². The van der Waals surface area contributed by atoms with E-state index in [4.69, 9.17) is 11.5 Å². The van der Waals surface area contributed by atoms with Crippen LogP contribution in [0.25, 0.3) is 0 Å². The van der Waals surface area contributed by atoms with Crippen LogP contribution in [-0.4, -0.2) is 29.3 Å². The number of nitrogens with one attached hydrogen (secondary N) is 1. The molecule has 0 atom stereocenters. The van der Waals surface area contributed by atoms with E-state index in [-0.39, 0.29) is 32.2 Å². The Morgan fingerprint density at radius 3 is 2.35 bits per heavy atom. The summed E-state index contributed by atoms with van der Waals surface area (Å²) in [6.45, 7) is 0.0446. The molecule has 0 aromatic rings. The lowest BCUT2D eigenvalue weighted by Crippen LogP contribution is -2.55. The highest BCUT2D eigenvalue weighted by atomic mass is 19.4. The molecule has 0 spiro atoms. The molecule has 1 saturated carbocycles. The zero-order valence-electron chi connectivity index (χ0n) is 9.18. The van der Waals surface area contributed by atoms with Gasteiger partial charge in [0.25, 0.3) is 0 Å². The van der Waals surface area contributed by atoms with Gasteiger partial charge in [-0.2, -0.15) is 13.2 Å². The molecule has 0 aromatic carbocycles. The Kier molecular flexibility index (Phi) is 4.04. The molecule has 0 unspecified atom stereocenters. The summed E-state index contributed by atoms with van der Waals surface area (Å²) in [5.74, 6) is -0.292. The van der Waals surface area contributed by atoms with Gasteiger partial charge in [0.05, 0.1) is 12.5 Å². The molecule has 96 valence electrons. The molecule has 6 heteroatoms. The van der Waals surface area contributed by atoms with Crippen molar-refractivity contribution in [1.29, 1.82) is 0 Å². The average molecular weight is 249 g/mol. The van der Waals surface area contributed by atoms with E-state index in [0.717, 1.165) is 0 Å². The Morgan fingerprint density at radius 2 is 2.00 bits per heavy atom. The fraction of sp³-hybridized carbons (Fsp3) is 0.727. The van der Waals surface area contributed by atoms with Crippen LogP contribution >= 0.6 is 0 Å². The van der Waals surface area contributed by atoms with Gasteiger partial charge in [-0.05, 0) is 25.7 Å². The topological polar surface area (TPSA) is 49.3 Å². The predicted molar refractivity (Wildman–Crippen MR) is 55.2 cm³/mol. The van der Waals surface area contributed by atoms with Gasteiger partial charge in [0.2, 0.25) is 0 Å². The van der Waals surface area contributed by atoms with E-state index in [2.05, 4.69) is 11.2 Å². The summed E-state index contributed by atoms with van der Waals surface area (Å²) in [5, 5.41) is 11.7. The summed E-state index contributed by atoms with van der Waals surface area (Å²) in [6.07, 6.45) is 0.335. The third kappa shape index (κ3) is 3.13. The van der Waals surface area contributed by atoms with Gasteiger partial charge in [0.15, 0.2) is 0 Å². The van der Waals surface area contributed by atoms with Crippen LogP contribution in [-0.2, 0) is 4.79 Å². The molecule has 1 aliphatic carbocycles. The molecular weight excluding hydrogens is 235 g/mol. The Balaban J connectivity index is 2.68. The zero-order chi connectivity index (χ0) is 13.1. The number of carbonyl (C=O) groups is 1. The second-order valence-corrected chi connectivity index (χ2v) is 4.26. The van der Waals surface area contributed by atoms with E-state index >= 15 is 0 Å². The maximum absolute atomic E-state index is 12.4. The van der Waals surface area contributed by atoms with Crippen LogP contribution in [0, 0.1) is 18.3 Å². The minimum atomic E-state index is -4.24. The number of rotatable bonds is 3. The van der Waals surface area contributed by atoms with Crippen LogP contribution in [0.4, 0.5) is 13.2 Å². The Hall–Kier alpha value is -1.22. The van der Waals surface area contributed by atoms with Crippen molar-refractivity contribution in [2.45, 2.75) is 37.4 Å². The van der Waals surface area contributed by atoms with Gasteiger partial charge in [-0.1, -0.05) is 5.92 Å². The second kappa shape index (κ2) is 4.96. The standard InChI is InChI=1S/C11H14F3NO2/c1-2-7-15-10(9(16)17)5-3-8(4-6-10)11(12,13)14/h1,8,15H,3-7H2,(H,16,17). The SMILES string of the molecule is C#CCNC1(C(=O)O)CCC(C(F)(F)F)CC1. The van der Waals surface area contributed by atoms with Gasteiger partial charge < -0.3 is 5.11 Å². The maximum Gasteiger partial charge on any atom is 0.391 e. The molecule has 0 aliphatic heterocycles. The van der Waals surface area contributed by atoms with E-state index in [0.29, 0.717) is 0 Å². The molecule has 1 aliphatic rings. The number of alkyl halides is 3. The highest BCUT2D eigenvalue weighted by molar-refractivity contribution is 5.79. The minimum Gasteiger partial charge on any atom is -0.480 e. The molecule has 0 aromatic heterocycles. The van der Waals surface area contributed by atoms with E-state index in [9.17, 15) is 18.0 Å². The van der Waals surface area contributed by atoms with E-state index in [1.54, 1.807) is 0 Å². The van der Waals surface area contributed by atoms with Gasteiger partial charge >= 0.3 is 12.1 Å². The van der Waals surface area contributed by atoms with Gasteiger partial charge in [0.1, 0.15) is 5.54 Å². The van der Waals surface area contributed by atoms with Crippen molar-refractivity contribution in [2.75, 3.05) is 6.54 Å². The Bertz CT molecular complexity index is 325. The third-order valence-electron chi connectivity index (χ3n) is 3.24. The first-order chi connectivity index (χ1) is 7.82. The number of carboxylic acid groups (broad SMARTS) is 1. The lowest BCUT2D eigenvalue weighted by molar-refractivity contribution is -0.188. The molecule has 0 heterocycles. The molecule has 0 amide bonds. The minimum absolute atomic E-state index is 0.0446. The number of terminal acetylenes is 1. The quantitative estimate of drug-likeness (QED) is 0.750. The number of aliphatic carboxylic acids is 1. The van der Waals surface area contributed by atoms with Gasteiger partial charge in [-0.3, -0.25) is 10.1 Å². The van der Waals surface area contributed by atoms with Crippen LogP contribution in [0.5, 0.6) is 0 Å². The molecule has 0 radical (unpaired) electrons. The lowest BCUT2D eigenvalue weighted by atomic mass is 9.76. The van der Waals surface area contributed by atoms with Gasteiger partial charge in [0, 0.05) is 0 Å². The van der Waals surface area contributed by atoms with Crippen molar-refractivity contribution in [3.05, 3.63) is 0 Å². The van der Waals surface area contributed by atoms with E-state index in [1.807, 2.05) is 0 Å². The molecular formula is C11H14F3NO2. The van der Waals surface area contributed by atoms with Crippen molar-refractivity contribution in [1.82, 2.24) is 5.32 Å². The number of hydrogen-bond donors (Lipinski definition) is 2. The summed E-state index contributed by atoms with van der Waals surface area (Å²) < 4.78 is 37.3. The molecule has 1 rings (SSSR count). The fourth-order valence-electron chi connectivity index (χ4n) is 2.12. The molecule has 17 heavy (non-hydrogen) atoms. The van der Waals surface area contributed by atoms with E-state index in [1.165, 1.54) is 0 Å². The van der Waals surface area contributed by atoms with Gasteiger partial charge in [-0.25, -0.2) is 0 Å². The zero-order valence-corrected chi connectivity index (χ0v) is 9.18. The van der Waals surface area contributed by atoms with Crippen molar-refractivity contribution in [3.63, 3.8) is 0 Å². The molecule has 0 bridgehead atoms. The van der Waals surface area contributed by atoms with E-state index < -0.39 is 23.6 Å². The van der Waals surface area contributed by atoms with Crippen LogP contribution in [0.1, 0.15) is 25.7 Å². The maximum atomic E-state index is 12.4. The summed E-state index contributed by atoms with van der Waals surface area (Å²) >= 11 is 0. The Morgan fingerprint density at radius 1 is 1.47 bits per heavy atom. The van der Waals surface area contributed by atoms with Crippen LogP contribution < -0.4 is 5.32 Å². The smallest absolute Gasteiger partial charge is 0.391 e. The molecule has 0 saturated heterocycles. The first-order valence-electron chi connectivity index (χ1n) is 5.30. The summed E-state index contributed by atoms with van der Waals surface area (Å²) in [5.41, 5.74) is -1.30. The van der Waals surface area contributed by atoms with Crippen molar-refractivity contribution >= 4 is 5.97 Å². The lowest BCUT2D eigenvalue weighted by Gasteiger charge is -2.37. The fourth-order valence-corrected chi connectivity index (χ4v) is 2.12. The van der Waals surface area contributed by atoms with Crippen LogP contribution in [0.3, 0.4) is 0 Å². The monoisotopic (exact) mass is 249 g/mol. The predicted octanol–water partition coefficient (Wildman–Crippen LogP) is 1.79. The highest BCUT2D eigenvalue weighted by Gasteiger charge is 2.48. The van der Waals surface area contributed by atoms with Gasteiger partial charge in [-0.15, -0.1) is 6.42 Å². The summed E-state index contributed by atoms with van der Waals surface area (Å²) in [7, 11) is 0. The second-order valence-electron chi connectivity index (χ2n) is 4.26. The van der Waals surface area contributed by atoms with Crippen molar-refractivity contribution in [2.24, 2.45) is 5.92 Å². The molecule has 1 fully saturated rings. The molecule has 2 N–H and O–H groups in total. The largest absolute Gasteiger partial charge is 0.480 e. The van der Waals surface area contributed by atoms with Crippen LogP contribution in [0.2, 0.25) is 0 Å².